The molecular weight excluding hydrogens is 174 g/mol. The summed E-state index contributed by atoms with van der Waals surface area (Å²) in [6.45, 7) is 1.58. The van der Waals surface area contributed by atoms with Crippen LogP contribution in [0.3, 0.4) is 0 Å². The molecule has 0 saturated heterocycles. The summed E-state index contributed by atoms with van der Waals surface area (Å²) >= 11 is 0. The Morgan fingerprint density at radius 1 is 1.14 bits per heavy atom. The van der Waals surface area contributed by atoms with Crippen LogP contribution in [0, 0.1) is 0 Å². The summed E-state index contributed by atoms with van der Waals surface area (Å²) in [7, 11) is 0. The van der Waals surface area contributed by atoms with E-state index < -0.39 is 0 Å². The summed E-state index contributed by atoms with van der Waals surface area (Å²) in [6.07, 6.45) is 1.79. The van der Waals surface area contributed by atoms with Crippen molar-refractivity contribution < 1.29 is 4.79 Å². The Bertz CT molecular complexity index is 442. The fourth-order valence-electron chi connectivity index (χ4n) is 1.51. The Kier molecular flexibility index (Phi) is 2.19. The first-order chi connectivity index (χ1) is 6.79. The van der Waals surface area contributed by atoms with Crippen molar-refractivity contribution in [1.82, 2.24) is 4.98 Å². The van der Waals surface area contributed by atoms with Crippen molar-refractivity contribution in [3.05, 3.63) is 48.2 Å². The highest BCUT2D eigenvalue weighted by Gasteiger charge is 2.08. The highest BCUT2D eigenvalue weighted by molar-refractivity contribution is 6.00. The average molecular weight is 185 g/mol. The molecule has 0 aliphatic carbocycles. The molecule has 0 amide bonds. The number of hydrogen-bond donors (Lipinski definition) is 1. The first kappa shape index (κ1) is 8.75. The number of rotatable bonds is 2. The van der Waals surface area contributed by atoms with Crippen molar-refractivity contribution in [2.75, 3.05) is 0 Å². The van der Waals surface area contributed by atoms with Crippen LogP contribution in [0.1, 0.15) is 17.3 Å². The van der Waals surface area contributed by atoms with Crippen molar-refractivity contribution in [2.24, 2.45) is 0 Å². The summed E-state index contributed by atoms with van der Waals surface area (Å²) in [6, 6.07) is 11.7. The first-order valence-electron chi connectivity index (χ1n) is 4.53. The summed E-state index contributed by atoms with van der Waals surface area (Å²) in [5.41, 5.74) is 2.69. The second kappa shape index (κ2) is 3.50. The molecule has 0 aliphatic rings. The van der Waals surface area contributed by atoms with Gasteiger partial charge in [0.25, 0.3) is 0 Å². The van der Waals surface area contributed by atoms with Crippen molar-refractivity contribution in [3.8, 4) is 11.3 Å². The van der Waals surface area contributed by atoms with E-state index >= 15 is 0 Å². The molecule has 14 heavy (non-hydrogen) atoms. The Labute approximate surface area is 82.6 Å². The molecule has 0 saturated carbocycles. The Morgan fingerprint density at radius 2 is 1.86 bits per heavy atom. The molecule has 0 aliphatic heterocycles. The molecule has 70 valence electrons. The van der Waals surface area contributed by atoms with E-state index in [-0.39, 0.29) is 5.78 Å². The molecule has 1 aromatic heterocycles. The summed E-state index contributed by atoms with van der Waals surface area (Å²) in [4.78, 5) is 14.4. The standard InChI is InChI=1S/C12H11NO/c1-9(14)11-7-8-13-12(11)10-5-3-2-4-6-10/h2-8,13H,1H3. The minimum absolute atomic E-state index is 0.0881. The van der Waals surface area contributed by atoms with E-state index in [2.05, 4.69) is 4.98 Å². The van der Waals surface area contributed by atoms with E-state index in [0.717, 1.165) is 16.8 Å². The molecule has 0 bridgehead atoms. The number of benzene rings is 1. The van der Waals surface area contributed by atoms with Crippen LogP contribution in [0.4, 0.5) is 0 Å². The van der Waals surface area contributed by atoms with Crippen LogP contribution in [-0.4, -0.2) is 10.8 Å². The van der Waals surface area contributed by atoms with E-state index in [4.69, 9.17) is 0 Å². The predicted molar refractivity (Wildman–Crippen MR) is 56.2 cm³/mol. The number of ketones is 1. The van der Waals surface area contributed by atoms with Gasteiger partial charge in [-0.2, -0.15) is 0 Å². The molecule has 1 N–H and O–H groups in total. The molecule has 0 radical (unpaired) electrons. The largest absolute Gasteiger partial charge is 0.361 e. The molecule has 0 atom stereocenters. The molecule has 1 heterocycles. The van der Waals surface area contributed by atoms with Crippen LogP contribution in [0.25, 0.3) is 11.3 Å². The van der Waals surface area contributed by atoms with E-state index in [9.17, 15) is 4.79 Å². The zero-order chi connectivity index (χ0) is 9.97. The zero-order valence-corrected chi connectivity index (χ0v) is 7.95. The van der Waals surface area contributed by atoms with E-state index in [1.54, 1.807) is 13.1 Å². The fourth-order valence-corrected chi connectivity index (χ4v) is 1.51. The third-order valence-corrected chi connectivity index (χ3v) is 2.19. The fraction of sp³-hybridized carbons (Fsp3) is 0.0833. The average Bonchev–Trinajstić information content (AvgIpc) is 2.67. The van der Waals surface area contributed by atoms with Gasteiger partial charge in [0.1, 0.15) is 0 Å². The lowest BCUT2D eigenvalue weighted by Crippen LogP contribution is -1.92. The number of aromatic nitrogens is 1. The van der Waals surface area contributed by atoms with Crippen LogP contribution in [0.5, 0.6) is 0 Å². The van der Waals surface area contributed by atoms with Gasteiger partial charge in [-0.15, -0.1) is 0 Å². The summed E-state index contributed by atoms with van der Waals surface area (Å²) in [5.74, 6) is 0.0881. The second-order valence-corrected chi connectivity index (χ2v) is 3.19. The van der Waals surface area contributed by atoms with E-state index in [0.29, 0.717) is 0 Å². The molecule has 2 rings (SSSR count). The van der Waals surface area contributed by atoms with Crippen LogP contribution in [-0.2, 0) is 0 Å². The van der Waals surface area contributed by atoms with E-state index in [1.165, 1.54) is 0 Å². The number of Topliss-reactive ketones (excluding diaryl/α,β-unsaturated/α-hetero) is 1. The highest BCUT2D eigenvalue weighted by atomic mass is 16.1. The van der Waals surface area contributed by atoms with Gasteiger partial charge in [0.05, 0.1) is 5.69 Å². The SMILES string of the molecule is CC(=O)c1cc[nH]c1-c1ccccc1. The van der Waals surface area contributed by atoms with Crippen molar-refractivity contribution >= 4 is 5.78 Å². The van der Waals surface area contributed by atoms with Crippen molar-refractivity contribution in [1.29, 1.82) is 0 Å². The minimum atomic E-state index is 0.0881. The molecular formula is C12H11NO. The number of hydrogen-bond acceptors (Lipinski definition) is 1. The van der Waals surface area contributed by atoms with Crippen molar-refractivity contribution in [2.45, 2.75) is 6.92 Å². The Balaban J connectivity index is 2.52. The molecule has 1 aromatic carbocycles. The predicted octanol–water partition coefficient (Wildman–Crippen LogP) is 2.88. The maximum atomic E-state index is 11.3. The van der Waals surface area contributed by atoms with Crippen molar-refractivity contribution in [3.63, 3.8) is 0 Å². The quantitative estimate of drug-likeness (QED) is 0.717. The smallest absolute Gasteiger partial charge is 0.161 e. The van der Waals surface area contributed by atoms with Gasteiger partial charge < -0.3 is 4.98 Å². The number of H-pyrrole nitrogens is 1. The van der Waals surface area contributed by atoms with Gasteiger partial charge >= 0.3 is 0 Å². The summed E-state index contributed by atoms with van der Waals surface area (Å²) in [5, 5.41) is 0. The lowest BCUT2D eigenvalue weighted by Gasteiger charge is -2.00. The maximum absolute atomic E-state index is 11.3. The topological polar surface area (TPSA) is 32.9 Å². The van der Waals surface area contributed by atoms with Crippen LogP contribution in [0.15, 0.2) is 42.6 Å². The lowest BCUT2D eigenvalue weighted by atomic mass is 10.1. The van der Waals surface area contributed by atoms with Gasteiger partial charge in [0.15, 0.2) is 5.78 Å². The molecule has 2 heteroatoms. The van der Waals surface area contributed by atoms with Crippen LogP contribution >= 0.6 is 0 Å². The summed E-state index contributed by atoms with van der Waals surface area (Å²) < 4.78 is 0. The number of carbonyl (C=O) groups is 1. The van der Waals surface area contributed by atoms with Gasteiger partial charge in [-0.25, -0.2) is 0 Å². The molecule has 0 spiro atoms. The molecule has 0 fully saturated rings. The third kappa shape index (κ3) is 1.46. The van der Waals surface area contributed by atoms with Gasteiger partial charge in [-0.1, -0.05) is 30.3 Å². The first-order valence-corrected chi connectivity index (χ1v) is 4.53. The Hall–Kier alpha value is -1.83. The second-order valence-electron chi connectivity index (χ2n) is 3.19. The third-order valence-electron chi connectivity index (χ3n) is 2.19. The normalized spacial score (nSPS) is 10.1. The lowest BCUT2D eigenvalue weighted by molar-refractivity contribution is 0.101. The number of carbonyl (C=O) groups excluding carboxylic acids is 1. The van der Waals surface area contributed by atoms with Gasteiger partial charge in [0, 0.05) is 11.8 Å². The molecule has 0 unspecified atom stereocenters. The molecule has 2 nitrogen and oxygen atoms in total. The van der Waals surface area contributed by atoms with Gasteiger partial charge in [-0.05, 0) is 18.6 Å². The minimum Gasteiger partial charge on any atom is -0.361 e. The Morgan fingerprint density at radius 3 is 2.50 bits per heavy atom. The highest BCUT2D eigenvalue weighted by Crippen LogP contribution is 2.21. The number of nitrogens with one attached hydrogen (secondary N) is 1. The van der Waals surface area contributed by atoms with E-state index in [1.807, 2.05) is 36.4 Å². The molecule has 2 aromatic rings. The van der Waals surface area contributed by atoms with Crippen LogP contribution < -0.4 is 0 Å². The number of aromatic amines is 1. The van der Waals surface area contributed by atoms with Gasteiger partial charge in [0.2, 0.25) is 0 Å². The van der Waals surface area contributed by atoms with Crippen LogP contribution in [0.2, 0.25) is 0 Å². The van der Waals surface area contributed by atoms with Gasteiger partial charge in [-0.3, -0.25) is 4.79 Å². The monoisotopic (exact) mass is 185 g/mol. The zero-order valence-electron chi connectivity index (χ0n) is 7.95. The maximum Gasteiger partial charge on any atom is 0.161 e.